The van der Waals surface area contributed by atoms with E-state index in [1.165, 1.54) is 47.2 Å². The van der Waals surface area contributed by atoms with E-state index in [-0.39, 0.29) is 12.1 Å². The quantitative estimate of drug-likeness (QED) is 0.221. The van der Waals surface area contributed by atoms with Crippen molar-refractivity contribution in [2.75, 3.05) is 18.0 Å². The second kappa shape index (κ2) is 13.0. The molecule has 5 heteroatoms. The number of piperidine rings is 1. The van der Waals surface area contributed by atoms with E-state index in [9.17, 15) is 0 Å². The fourth-order valence-corrected chi connectivity index (χ4v) is 6.31. The molecule has 1 N–H and O–H groups in total. The van der Waals surface area contributed by atoms with Gasteiger partial charge < -0.3 is 19.7 Å². The number of halogens is 1. The zero-order valence-corrected chi connectivity index (χ0v) is 24.5. The van der Waals surface area contributed by atoms with Gasteiger partial charge in [0.1, 0.15) is 24.2 Å². The zero-order chi connectivity index (χ0) is 28.0. The molecule has 0 spiro atoms. The van der Waals surface area contributed by atoms with Gasteiger partial charge in [0.2, 0.25) is 0 Å². The van der Waals surface area contributed by atoms with Gasteiger partial charge in [-0.05, 0) is 110 Å². The van der Waals surface area contributed by atoms with Gasteiger partial charge in [-0.3, -0.25) is 0 Å². The normalized spacial score (nSPS) is 19.3. The summed E-state index contributed by atoms with van der Waals surface area (Å²) in [5, 5.41) is 4.37. The molecule has 4 aromatic carbocycles. The van der Waals surface area contributed by atoms with E-state index in [1.807, 2.05) is 18.2 Å². The third-order valence-electron chi connectivity index (χ3n) is 8.47. The Morgan fingerprint density at radius 3 is 2.41 bits per heavy atom. The van der Waals surface area contributed by atoms with Crippen molar-refractivity contribution in [1.82, 2.24) is 5.32 Å². The lowest BCUT2D eigenvalue weighted by atomic mass is 9.88. The van der Waals surface area contributed by atoms with Crippen molar-refractivity contribution in [3.8, 4) is 11.5 Å². The molecule has 0 aliphatic carbocycles. The van der Waals surface area contributed by atoms with Crippen molar-refractivity contribution in [3.05, 3.63) is 124 Å². The number of nitrogens with zero attached hydrogens (tertiary/aromatic N) is 1. The molecule has 4 nitrogen and oxygen atoms in total. The second-order valence-corrected chi connectivity index (χ2v) is 11.7. The van der Waals surface area contributed by atoms with Gasteiger partial charge in [-0.2, -0.15) is 0 Å². The summed E-state index contributed by atoms with van der Waals surface area (Å²) in [6, 6.07) is 34.5. The second-order valence-electron chi connectivity index (χ2n) is 11.3. The van der Waals surface area contributed by atoms with Crippen LogP contribution in [-0.2, 0) is 19.4 Å². The maximum Gasteiger partial charge on any atom is 0.120 e. The van der Waals surface area contributed by atoms with Crippen molar-refractivity contribution in [1.29, 1.82) is 0 Å². The molecule has 212 valence electrons. The van der Waals surface area contributed by atoms with E-state index in [1.54, 1.807) is 0 Å². The highest BCUT2D eigenvalue weighted by molar-refractivity contribution is 6.30. The molecule has 0 saturated carbocycles. The van der Waals surface area contributed by atoms with Crippen molar-refractivity contribution >= 4 is 17.3 Å². The number of hydrogen-bond acceptors (Lipinski definition) is 4. The van der Waals surface area contributed by atoms with Gasteiger partial charge in [0.05, 0.1) is 6.04 Å². The first-order valence-electron chi connectivity index (χ1n) is 14.9. The molecular weight excluding hydrogens is 528 g/mol. The average Bonchev–Trinajstić information content (AvgIpc) is 3.02. The van der Waals surface area contributed by atoms with E-state index in [0.29, 0.717) is 12.6 Å². The van der Waals surface area contributed by atoms with Crippen molar-refractivity contribution < 1.29 is 9.47 Å². The van der Waals surface area contributed by atoms with Crippen LogP contribution in [0.25, 0.3) is 0 Å². The molecule has 2 aliphatic rings. The van der Waals surface area contributed by atoms with Crippen LogP contribution in [0.5, 0.6) is 11.5 Å². The Kier molecular flexibility index (Phi) is 8.79. The first kappa shape index (κ1) is 27.7. The van der Waals surface area contributed by atoms with E-state index < -0.39 is 0 Å². The molecule has 0 amide bonds. The first-order valence-corrected chi connectivity index (χ1v) is 15.3. The number of ether oxygens (including phenoxy) is 2. The van der Waals surface area contributed by atoms with E-state index in [0.717, 1.165) is 42.5 Å². The number of nitrogens with one attached hydrogen (secondary N) is 1. The van der Waals surface area contributed by atoms with Gasteiger partial charge >= 0.3 is 0 Å². The van der Waals surface area contributed by atoms with Crippen LogP contribution >= 0.6 is 11.6 Å². The molecule has 0 bridgehead atoms. The van der Waals surface area contributed by atoms with Crippen LogP contribution in [0.2, 0.25) is 5.02 Å². The summed E-state index contributed by atoms with van der Waals surface area (Å²) in [4.78, 5) is 2.52. The van der Waals surface area contributed by atoms with Crippen LogP contribution in [0.15, 0.2) is 97.1 Å². The van der Waals surface area contributed by atoms with Crippen LogP contribution in [-0.4, -0.2) is 25.2 Å². The third kappa shape index (κ3) is 6.89. The van der Waals surface area contributed by atoms with Crippen molar-refractivity contribution in [3.63, 3.8) is 0 Å². The molecule has 41 heavy (non-hydrogen) atoms. The van der Waals surface area contributed by atoms with Gasteiger partial charge in [-0.25, -0.2) is 0 Å². The number of hydrogen-bond donors (Lipinski definition) is 1. The third-order valence-corrected chi connectivity index (χ3v) is 8.72. The minimum Gasteiger partial charge on any atom is -0.489 e. The Balaban J connectivity index is 1.20. The standard InChI is InChI=1S/C36H39ClN2O2/c1-26(35-9-5-6-21-38-35)41-32-16-10-27(11-17-32)23-36-34-19-18-33(40-25-28-7-3-2-4-8-28)24-29(34)20-22-39(36)31-14-12-30(37)13-15-31/h2-4,7-8,10-19,24,26,35-36,38H,5-6,9,20-23,25H2,1H3. The van der Waals surface area contributed by atoms with Gasteiger partial charge in [0.25, 0.3) is 0 Å². The van der Waals surface area contributed by atoms with Crippen LogP contribution in [0, 0.1) is 0 Å². The average molecular weight is 567 g/mol. The Morgan fingerprint density at radius 2 is 1.66 bits per heavy atom. The summed E-state index contributed by atoms with van der Waals surface area (Å²) in [5.41, 5.74) is 6.38. The van der Waals surface area contributed by atoms with Gasteiger partial charge in [0.15, 0.2) is 0 Å². The summed E-state index contributed by atoms with van der Waals surface area (Å²) in [6.45, 7) is 4.78. The number of benzene rings is 4. The van der Waals surface area contributed by atoms with Crippen molar-refractivity contribution in [2.24, 2.45) is 0 Å². The topological polar surface area (TPSA) is 33.7 Å². The SMILES string of the molecule is CC(Oc1ccc(CC2c3ccc(OCc4ccccc4)cc3CCN2c2ccc(Cl)cc2)cc1)C1CCCCN1. The molecule has 6 rings (SSSR count). The van der Waals surface area contributed by atoms with Crippen molar-refractivity contribution in [2.45, 2.75) is 63.8 Å². The Morgan fingerprint density at radius 1 is 0.878 bits per heavy atom. The minimum atomic E-state index is 0.157. The highest BCUT2D eigenvalue weighted by atomic mass is 35.5. The van der Waals surface area contributed by atoms with Crippen LogP contribution in [0.1, 0.15) is 54.5 Å². The lowest BCUT2D eigenvalue weighted by Crippen LogP contribution is -2.44. The molecule has 4 aromatic rings. The largest absolute Gasteiger partial charge is 0.489 e. The summed E-state index contributed by atoms with van der Waals surface area (Å²) >= 11 is 6.24. The van der Waals surface area contributed by atoms with Crippen LogP contribution < -0.4 is 19.7 Å². The van der Waals surface area contributed by atoms with Gasteiger partial charge in [-0.15, -0.1) is 0 Å². The van der Waals surface area contributed by atoms with Gasteiger partial charge in [-0.1, -0.05) is 66.6 Å². The molecular formula is C36H39ClN2O2. The lowest BCUT2D eigenvalue weighted by molar-refractivity contribution is 0.152. The Bertz CT molecular complexity index is 1400. The molecule has 0 aromatic heterocycles. The molecule has 0 radical (unpaired) electrons. The Hall–Kier alpha value is -3.47. The summed E-state index contributed by atoms with van der Waals surface area (Å²) < 4.78 is 12.5. The highest BCUT2D eigenvalue weighted by Crippen LogP contribution is 2.38. The van der Waals surface area contributed by atoms with Crippen LogP contribution in [0.4, 0.5) is 5.69 Å². The van der Waals surface area contributed by atoms with Gasteiger partial charge in [0, 0.05) is 23.3 Å². The minimum absolute atomic E-state index is 0.157. The fraction of sp³-hybridized carbons (Fsp3) is 0.333. The Labute approximate surface area is 249 Å². The summed E-state index contributed by atoms with van der Waals surface area (Å²) in [5.74, 6) is 1.86. The predicted molar refractivity (Wildman–Crippen MR) is 168 cm³/mol. The summed E-state index contributed by atoms with van der Waals surface area (Å²) in [6.07, 6.45) is 5.75. The zero-order valence-electron chi connectivity index (χ0n) is 23.8. The lowest BCUT2D eigenvalue weighted by Gasteiger charge is -2.39. The van der Waals surface area contributed by atoms with E-state index in [4.69, 9.17) is 21.1 Å². The molecule has 3 unspecified atom stereocenters. The predicted octanol–water partition coefficient (Wildman–Crippen LogP) is 8.17. The number of anilines is 1. The molecule has 1 fully saturated rings. The molecule has 2 heterocycles. The molecule has 1 saturated heterocycles. The smallest absolute Gasteiger partial charge is 0.120 e. The van der Waals surface area contributed by atoms with E-state index in [2.05, 4.69) is 96.0 Å². The highest BCUT2D eigenvalue weighted by Gasteiger charge is 2.28. The van der Waals surface area contributed by atoms with E-state index >= 15 is 0 Å². The maximum atomic E-state index is 6.33. The fourth-order valence-electron chi connectivity index (χ4n) is 6.18. The number of fused-ring (bicyclic) bond motifs is 1. The molecule has 3 atom stereocenters. The van der Waals surface area contributed by atoms with Crippen LogP contribution in [0.3, 0.4) is 0 Å². The summed E-state index contributed by atoms with van der Waals surface area (Å²) in [7, 11) is 0. The maximum absolute atomic E-state index is 6.33. The monoisotopic (exact) mass is 566 g/mol. The number of rotatable bonds is 9. The first-order chi connectivity index (χ1) is 20.1. The molecule has 2 aliphatic heterocycles.